The van der Waals surface area contributed by atoms with Gasteiger partial charge >= 0.3 is 0 Å². The number of rotatable bonds is 3. The Kier molecular flexibility index (Phi) is 3.21. The maximum absolute atomic E-state index is 11.1. The molecular weight excluding hydrogens is 228 g/mol. The van der Waals surface area contributed by atoms with Crippen molar-refractivity contribution in [2.24, 2.45) is 5.73 Å². The Hall–Kier alpha value is -2.87. The molecule has 0 unspecified atom stereocenters. The number of pyridine rings is 1. The number of carbonyl (C=O) groups is 1. The number of nitrogens with two attached hydrogens (primary N) is 1. The molecule has 3 N–H and O–H groups in total. The van der Waals surface area contributed by atoms with Crippen LogP contribution in [0.3, 0.4) is 0 Å². The molecule has 0 saturated heterocycles. The fourth-order valence-corrected chi connectivity index (χ4v) is 1.48. The minimum absolute atomic E-state index is 0.398. The topological polar surface area (TPSA) is 91.8 Å². The Morgan fingerprint density at radius 3 is 2.89 bits per heavy atom. The van der Waals surface area contributed by atoms with Crippen LogP contribution >= 0.6 is 0 Å². The second kappa shape index (κ2) is 4.97. The third kappa shape index (κ3) is 2.44. The van der Waals surface area contributed by atoms with Crippen LogP contribution < -0.4 is 11.1 Å². The normalized spacial score (nSPS) is 9.50. The molecule has 5 nitrogen and oxygen atoms in total. The van der Waals surface area contributed by atoms with Gasteiger partial charge in [-0.15, -0.1) is 0 Å². The summed E-state index contributed by atoms with van der Waals surface area (Å²) in [4.78, 5) is 15.1. The number of hydrogen-bond donors (Lipinski definition) is 2. The van der Waals surface area contributed by atoms with Gasteiger partial charge < -0.3 is 11.1 Å². The Balaban J connectivity index is 2.32. The number of amides is 1. The second-order valence-electron chi connectivity index (χ2n) is 3.58. The highest BCUT2D eigenvalue weighted by Gasteiger charge is 2.05. The van der Waals surface area contributed by atoms with E-state index in [1.807, 2.05) is 6.07 Å². The average molecular weight is 238 g/mol. The third-order valence-corrected chi connectivity index (χ3v) is 2.34. The van der Waals surface area contributed by atoms with Gasteiger partial charge in [0.15, 0.2) is 0 Å². The van der Waals surface area contributed by atoms with Crippen molar-refractivity contribution >= 4 is 17.4 Å². The molecule has 2 aromatic rings. The zero-order valence-corrected chi connectivity index (χ0v) is 9.42. The summed E-state index contributed by atoms with van der Waals surface area (Å²) in [6.07, 6.45) is 1.58. The van der Waals surface area contributed by atoms with Crippen molar-refractivity contribution in [3.8, 4) is 6.07 Å². The molecule has 1 aromatic carbocycles. The van der Waals surface area contributed by atoms with Crippen molar-refractivity contribution in [2.45, 2.75) is 0 Å². The van der Waals surface area contributed by atoms with Crippen LogP contribution in [-0.2, 0) is 0 Å². The largest absolute Gasteiger partial charge is 0.366 e. The number of nitriles is 1. The Bertz CT molecular complexity index is 631. The number of nitrogens with one attached hydrogen (secondary N) is 1. The molecule has 0 atom stereocenters. The Labute approximate surface area is 104 Å². The van der Waals surface area contributed by atoms with Crippen molar-refractivity contribution in [1.29, 1.82) is 5.26 Å². The monoisotopic (exact) mass is 238 g/mol. The van der Waals surface area contributed by atoms with Gasteiger partial charge in [-0.2, -0.15) is 5.26 Å². The zero-order valence-electron chi connectivity index (χ0n) is 9.42. The molecule has 0 bridgehead atoms. The average Bonchev–Trinajstić information content (AvgIpc) is 2.39. The van der Waals surface area contributed by atoms with Crippen LogP contribution in [0, 0.1) is 11.3 Å². The van der Waals surface area contributed by atoms with Gasteiger partial charge in [0.25, 0.3) is 0 Å². The summed E-state index contributed by atoms with van der Waals surface area (Å²) in [6.45, 7) is 0. The molecule has 0 fully saturated rings. The van der Waals surface area contributed by atoms with Gasteiger partial charge in [-0.05, 0) is 30.3 Å². The Morgan fingerprint density at radius 2 is 2.17 bits per heavy atom. The van der Waals surface area contributed by atoms with E-state index in [1.54, 1.807) is 42.6 Å². The fraction of sp³-hybridized carbons (Fsp3) is 0. The van der Waals surface area contributed by atoms with Crippen LogP contribution in [0.15, 0.2) is 42.6 Å². The molecule has 0 radical (unpaired) electrons. The molecule has 88 valence electrons. The summed E-state index contributed by atoms with van der Waals surface area (Å²) in [6, 6.07) is 12.1. The van der Waals surface area contributed by atoms with Crippen molar-refractivity contribution in [3.05, 3.63) is 53.7 Å². The minimum atomic E-state index is -0.500. The highest BCUT2D eigenvalue weighted by molar-refractivity contribution is 5.93. The van der Waals surface area contributed by atoms with E-state index in [4.69, 9.17) is 11.0 Å². The lowest BCUT2D eigenvalue weighted by atomic mass is 10.2. The summed E-state index contributed by atoms with van der Waals surface area (Å²) in [5, 5.41) is 11.9. The number of benzene rings is 1. The number of carbonyl (C=O) groups excluding carboxylic acids is 1. The van der Waals surface area contributed by atoms with Crippen LogP contribution in [0.25, 0.3) is 0 Å². The highest BCUT2D eigenvalue weighted by atomic mass is 16.1. The first kappa shape index (κ1) is 11.6. The smallest absolute Gasteiger partial charge is 0.248 e. The summed E-state index contributed by atoms with van der Waals surface area (Å²) in [5.41, 5.74) is 6.68. The first-order valence-electron chi connectivity index (χ1n) is 5.22. The lowest BCUT2D eigenvalue weighted by molar-refractivity contribution is 0.100. The summed E-state index contributed by atoms with van der Waals surface area (Å²) in [5.74, 6) is -0.0539. The predicted molar refractivity (Wildman–Crippen MR) is 67.2 cm³/mol. The van der Waals surface area contributed by atoms with Crippen molar-refractivity contribution < 1.29 is 4.79 Å². The van der Waals surface area contributed by atoms with Crippen molar-refractivity contribution in [1.82, 2.24) is 4.98 Å². The second-order valence-corrected chi connectivity index (χ2v) is 3.58. The van der Waals surface area contributed by atoms with Crippen LogP contribution in [0.4, 0.5) is 11.5 Å². The molecule has 0 aliphatic carbocycles. The standard InChI is InChI=1S/C13H10N4O/c14-8-10-4-2-6-16-13(10)17-11-5-1-3-9(7-11)12(15)18/h1-7H,(H2,15,18)(H,16,17). The van der Waals surface area contributed by atoms with Crippen LogP contribution in [0.1, 0.15) is 15.9 Å². The number of nitrogens with zero attached hydrogens (tertiary/aromatic N) is 2. The molecule has 2 rings (SSSR count). The summed E-state index contributed by atoms with van der Waals surface area (Å²) < 4.78 is 0. The van der Waals surface area contributed by atoms with Crippen LogP contribution in [-0.4, -0.2) is 10.9 Å². The molecule has 0 aliphatic rings. The van der Waals surface area contributed by atoms with E-state index in [0.717, 1.165) is 0 Å². The molecule has 1 aromatic heterocycles. The van der Waals surface area contributed by atoms with Crippen molar-refractivity contribution in [3.63, 3.8) is 0 Å². The Morgan fingerprint density at radius 1 is 1.33 bits per heavy atom. The first-order valence-corrected chi connectivity index (χ1v) is 5.22. The molecule has 1 amide bonds. The number of primary amides is 1. The fourth-order valence-electron chi connectivity index (χ4n) is 1.48. The van der Waals surface area contributed by atoms with Gasteiger partial charge in [-0.25, -0.2) is 4.98 Å². The summed E-state index contributed by atoms with van der Waals surface area (Å²) in [7, 11) is 0. The van der Waals surface area contributed by atoms with E-state index in [9.17, 15) is 4.79 Å². The van der Waals surface area contributed by atoms with E-state index in [2.05, 4.69) is 10.3 Å². The van der Waals surface area contributed by atoms with Crippen LogP contribution in [0.5, 0.6) is 0 Å². The highest BCUT2D eigenvalue weighted by Crippen LogP contribution is 2.18. The molecule has 5 heteroatoms. The van der Waals surface area contributed by atoms with E-state index in [0.29, 0.717) is 22.6 Å². The quantitative estimate of drug-likeness (QED) is 0.852. The van der Waals surface area contributed by atoms with Gasteiger partial charge in [-0.3, -0.25) is 4.79 Å². The molecular formula is C13H10N4O. The van der Waals surface area contributed by atoms with Crippen LogP contribution in [0.2, 0.25) is 0 Å². The van der Waals surface area contributed by atoms with Crippen molar-refractivity contribution in [2.75, 3.05) is 5.32 Å². The van der Waals surface area contributed by atoms with E-state index in [-0.39, 0.29) is 0 Å². The lowest BCUT2D eigenvalue weighted by Crippen LogP contribution is -2.11. The first-order chi connectivity index (χ1) is 8.70. The van der Waals surface area contributed by atoms with Gasteiger partial charge in [0.2, 0.25) is 5.91 Å². The molecule has 0 spiro atoms. The number of hydrogen-bond acceptors (Lipinski definition) is 4. The number of anilines is 2. The van der Waals surface area contributed by atoms with Gasteiger partial charge in [0, 0.05) is 17.4 Å². The van der Waals surface area contributed by atoms with Gasteiger partial charge in [-0.1, -0.05) is 6.07 Å². The van der Waals surface area contributed by atoms with E-state index < -0.39 is 5.91 Å². The van der Waals surface area contributed by atoms with E-state index >= 15 is 0 Å². The zero-order chi connectivity index (χ0) is 13.0. The molecule has 1 heterocycles. The predicted octanol–water partition coefficient (Wildman–Crippen LogP) is 1.80. The maximum Gasteiger partial charge on any atom is 0.248 e. The lowest BCUT2D eigenvalue weighted by Gasteiger charge is -2.07. The number of aromatic nitrogens is 1. The molecule has 18 heavy (non-hydrogen) atoms. The molecule has 0 saturated carbocycles. The summed E-state index contributed by atoms with van der Waals surface area (Å²) >= 11 is 0. The maximum atomic E-state index is 11.1. The molecule has 0 aliphatic heterocycles. The van der Waals surface area contributed by atoms with Gasteiger partial charge in [0.1, 0.15) is 11.9 Å². The SMILES string of the molecule is N#Cc1cccnc1Nc1cccc(C(N)=O)c1. The van der Waals surface area contributed by atoms with Gasteiger partial charge in [0.05, 0.1) is 5.56 Å². The van der Waals surface area contributed by atoms with E-state index in [1.165, 1.54) is 0 Å². The third-order valence-electron chi connectivity index (χ3n) is 2.34. The minimum Gasteiger partial charge on any atom is -0.366 e.